The third-order valence-corrected chi connectivity index (χ3v) is 6.62. The Kier molecular flexibility index (Phi) is 5.76. The Bertz CT molecular complexity index is 1030. The van der Waals surface area contributed by atoms with E-state index in [1.165, 1.54) is 11.8 Å². The summed E-state index contributed by atoms with van der Waals surface area (Å²) in [7, 11) is 1.79. The molecule has 9 heteroatoms. The number of fused-ring (bicyclic) bond motifs is 1. The molecular weight excluding hydrogens is 406 g/mol. The van der Waals surface area contributed by atoms with Crippen molar-refractivity contribution in [3.63, 3.8) is 0 Å². The number of rotatable bonds is 4. The molecule has 1 unspecified atom stereocenters. The van der Waals surface area contributed by atoms with Crippen LogP contribution in [0.4, 0.5) is 11.6 Å². The van der Waals surface area contributed by atoms with Gasteiger partial charge in [0, 0.05) is 36.8 Å². The fourth-order valence-electron chi connectivity index (χ4n) is 3.41. The molecule has 152 valence electrons. The number of nitrogens with zero attached hydrogens (tertiary/aromatic N) is 5. The second kappa shape index (κ2) is 8.30. The van der Waals surface area contributed by atoms with Gasteiger partial charge in [0.05, 0.1) is 11.2 Å². The van der Waals surface area contributed by atoms with Gasteiger partial charge in [0.1, 0.15) is 22.2 Å². The Morgan fingerprint density at radius 3 is 2.86 bits per heavy atom. The van der Waals surface area contributed by atoms with Gasteiger partial charge in [0.2, 0.25) is 0 Å². The van der Waals surface area contributed by atoms with Crippen molar-refractivity contribution in [3.05, 3.63) is 35.6 Å². The van der Waals surface area contributed by atoms with E-state index in [4.69, 9.17) is 22.3 Å². The molecule has 1 aliphatic heterocycles. The number of aromatic nitrogens is 4. The fraction of sp³-hybridized carbons (Fsp3) is 0.400. The van der Waals surface area contributed by atoms with Crippen LogP contribution >= 0.6 is 23.4 Å². The zero-order chi connectivity index (χ0) is 20.4. The van der Waals surface area contributed by atoms with Crippen LogP contribution in [0.1, 0.15) is 26.2 Å². The first-order valence-electron chi connectivity index (χ1n) is 9.63. The van der Waals surface area contributed by atoms with Gasteiger partial charge in [0.25, 0.3) is 0 Å². The molecule has 3 N–H and O–H groups in total. The van der Waals surface area contributed by atoms with Crippen LogP contribution in [0, 0.1) is 0 Å². The summed E-state index contributed by atoms with van der Waals surface area (Å²) in [5.41, 5.74) is 7.62. The van der Waals surface area contributed by atoms with E-state index in [0.717, 1.165) is 53.6 Å². The average molecular weight is 430 g/mol. The van der Waals surface area contributed by atoms with Gasteiger partial charge < -0.3 is 16.0 Å². The minimum absolute atomic E-state index is 0.103. The summed E-state index contributed by atoms with van der Waals surface area (Å²) in [6.45, 7) is 3.96. The molecule has 0 spiro atoms. The van der Waals surface area contributed by atoms with Gasteiger partial charge >= 0.3 is 0 Å². The summed E-state index contributed by atoms with van der Waals surface area (Å²) < 4.78 is 0. The molecule has 0 bridgehead atoms. The molecule has 1 atom stereocenters. The second-order valence-corrected chi connectivity index (χ2v) is 8.98. The van der Waals surface area contributed by atoms with Crippen molar-refractivity contribution < 1.29 is 0 Å². The summed E-state index contributed by atoms with van der Waals surface area (Å²) in [6.07, 6.45) is 6.56. The van der Waals surface area contributed by atoms with Gasteiger partial charge in [-0.2, -0.15) is 0 Å². The largest absolute Gasteiger partial charge is 0.372 e. The number of anilines is 2. The lowest BCUT2D eigenvalue weighted by Crippen LogP contribution is -2.37. The van der Waals surface area contributed by atoms with Gasteiger partial charge in [-0.3, -0.25) is 0 Å². The lowest BCUT2D eigenvalue weighted by atomic mass is 9.95. The van der Waals surface area contributed by atoms with Crippen LogP contribution in [0.15, 0.2) is 40.5 Å². The van der Waals surface area contributed by atoms with Crippen molar-refractivity contribution in [2.24, 2.45) is 5.73 Å². The topological polar surface area (TPSA) is 92.9 Å². The normalized spacial score (nSPS) is 19.9. The van der Waals surface area contributed by atoms with Gasteiger partial charge in [-0.25, -0.2) is 19.9 Å². The van der Waals surface area contributed by atoms with Gasteiger partial charge in [-0.15, -0.1) is 0 Å². The van der Waals surface area contributed by atoms with Crippen molar-refractivity contribution in [1.82, 2.24) is 19.9 Å². The molecule has 0 radical (unpaired) electrons. The highest BCUT2D eigenvalue weighted by atomic mass is 35.5. The molecule has 1 fully saturated rings. The smallest absolute Gasteiger partial charge is 0.179 e. The molecule has 4 rings (SSSR count). The SMILES string of the molecule is CNc1nccc(Sc2ccc3nc(N4CCCC(C)(N)CC4)cnc3n2)c1Cl. The maximum absolute atomic E-state index is 6.40. The summed E-state index contributed by atoms with van der Waals surface area (Å²) >= 11 is 7.88. The number of hydrogen-bond donors (Lipinski definition) is 2. The molecule has 0 saturated carbocycles. The molecule has 0 amide bonds. The Balaban J connectivity index is 1.56. The zero-order valence-corrected chi connectivity index (χ0v) is 18.1. The minimum atomic E-state index is -0.103. The number of halogens is 1. The van der Waals surface area contributed by atoms with Gasteiger partial charge in [0.15, 0.2) is 5.65 Å². The van der Waals surface area contributed by atoms with E-state index in [-0.39, 0.29) is 5.54 Å². The standard InChI is InChI=1S/C20H24ClN7S/c1-20(22)7-3-10-28(11-8-20)15-12-25-18-13(26-15)4-5-16(27-18)29-14-6-9-24-19(23-2)17(14)21/h4-6,9,12H,3,7-8,10-11,22H2,1-2H3,(H,23,24). The predicted octanol–water partition coefficient (Wildman–Crippen LogP) is 3.97. The summed E-state index contributed by atoms with van der Waals surface area (Å²) in [5.74, 6) is 1.53. The number of hydrogen-bond acceptors (Lipinski definition) is 8. The van der Waals surface area contributed by atoms with Crippen molar-refractivity contribution in [2.75, 3.05) is 30.4 Å². The Morgan fingerprint density at radius 2 is 2.03 bits per heavy atom. The number of nitrogens with two attached hydrogens (primary N) is 1. The van der Waals surface area contributed by atoms with Gasteiger partial charge in [-0.05, 0) is 44.4 Å². The molecule has 1 aliphatic rings. The Hall–Kier alpha value is -2.16. The molecular formula is C20H24ClN7S. The fourth-order valence-corrected chi connectivity index (χ4v) is 4.54. The highest BCUT2D eigenvalue weighted by Crippen LogP contribution is 2.35. The zero-order valence-electron chi connectivity index (χ0n) is 16.5. The Morgan fingerprint density at radius 1 is 1.17 bits per heavy atom. The molecule has 29 heavy (non-hydrogen) atoms. The quantitative estimate of drug-likeness (QED) is 0.643. The van der Waals surface area contributed by atoms with Gasteiger partial charge in [-0.1, -0.05) is 23.4 Å². The number of nitrogens with one attached hydrogen (secondary N) is 1. The van der Waals surface area contributed by atoms with E-state index in [1.54, 1.807) is 13.2 Å². The third kappa shape index (κ3) is 4.55. The molecule has 7 nitrogen and oxygen atoms in total. The summed E-state index contributed by atoms with van der Waals surface area (Å²) in [6, 6.07) is 5.78. The van der Waals surface area contributed by atoms with Crippen LogP contribution in [0.3, 0.4) is 0 Å². The molecule has 0 aromatic carbocycles. The van der Waals surface area contributed by atoms with Crippen LogP contribution in [0.25, 0.3) is 11.2 Å². The molecule has 4 heterocycles. The maximum atomic E-state index is 6.40. The van der Waals surface area contributed by atoms with E-state index in [2.05, 4.69) is 32.1 Å². The Labute approximate surface area is 179 Å². The van der Waals surface area contributed by atoms with Crippen molar-refractivity contribution in [2.45, 2.75) is 41.6 Å². The first-order chi connectivity index (χ1) is 13.9. The number of pyridine rings is 2. The summed E-state index contributed by atoms with van der Waals surface area (Å²) in [5, 5.41) is 4.37. The van der Waals surface area contributed by atoms with Crippen LogP contribution in [0.2, 0.25) is 5.02 Å². The molecule has 0 aliphatic carbocycles. The highest BCUT2D eigenvalue weighted by Gasteiger charge is 2.24. The third-order valence-electron chi connectivity index (χ3n) is 5.12. The molecule has 3 aromatic rings. The van der Waals surface area contributed by atoms with Crippen molar-refractivity contribution >= 4 is 46.2 Å². The van der Waals surface area contributed by atoms with Crippen LogP contribution in [-0.4, -0.2) is 45.6 Å². The average Bonchev–Trinajstić information content (AvgIpc) is 2.89. The monoisotopic (exact) mass is 429 g/mol. The van der Waals surface area contributed by atoms with E-state index in [1.807, 2.05) is 24.4 Å². The second-order valence-electron chi connectivity index (χ2n) is 7.54. The molecule has 1 saturated heterocycles. The van der Waals surface area contributed by atoms with E-state index >= 15 is 0 Å². The lowest BCUT2D eigenvalue weighted by molar-refractivity contribution is 0.421. The lowest BCUT2D eigenvalue weighted by Gasteiger charge is -2.24. The van der Waals surface area contributed by atoms with Crippen LogP contribution < -0.4 is 16.0 Å². The van der Waals surface area contributed by atoms with Crippen molar-refractivity contribution in [1.29, 1.82) is 0 Å². The van der Waals surface area contributed by atoms with Crippen LogP contribution in [0.5, 0.6) is 0 Å². The van der Waals surface area contributed by atoms with E-state index in [0.29, 0.717) is 16.5 Å². The predicted molar refractivity (Wildman–Crippen MR) is 119 cm³/mol. The van der Waals surface area contributed by atoms with E-state index < -0.39 is 0 Å². The summed E-state index contributed by atoms with van der Waals surface area (Å²) in [4.78, 5) is 21.4. The maximum Gasteiger partial charge on any atom is 0.179 e. The first-order valence-corrected chi connectivity index (χ1v) is 10.8. The minimum Gasteiger partial charge on any atom is -0.372 e. The van der Waals surface area contributed by atoms with Crippen LogP contribution in [-0.2, 0) is 0 Å². The highest BCUT2D eigenvalue weighted by molar-refractivity contribution is 7.99. The first kappa shape index (κ1) is 20.1. The van der Waals surface area contributed by atoms with Crippen molar-refractivity contribution in [3.8, 4) is 0 Å². The molecule has 3 aromatic heterocycles. The van der Waals surface area contributed by atoms with E-state index in [9.17, 15) is 0 Å².